The zero-order valence-electron chi connectivity index (χ0n) is 13.1. The molecule has 0 saturated carbocycles. The molecule has 0 bridgehead atoms. The van der Waals surface area contributed by atoms with E-state index in [4.69, 9.17) is 9.47 Å². The van der Waals surface area contributed by atoms with Crippen molar-refractivity contribution in [3.63, 3.8) is 0 Å². The van der Waals surface area contributed by atoms with Crippen molar-refractivity contribution in [3.05, 3.63) is 59.9 Å². The van der Waals surface area contributed by atoms with E-state index in [-0.39, 0.29) is 5.91 Å². The first-order valence-corrected chi connectivity index (χ1v) is 8.29. The quantitative estimate of drug-likeness (QED) is 0.670. The van der Waals surface area contributed by atoms with E-state index in [1.807, 2.05) is 53.4 Å². The summed E-state index contributed by atoms with van der Waals surface area (Å²) in [6.07, 6.45) is 3.78. The molecule has 0 aliphatic carbocycles. The molecule has 1 aromatic carbocycles. The third kappa shape index (κ3) is 3.75. The highest BCUT2D eigenvalue weighted by atomic mass is 32.1. The van der Waals surface area contributed by atoms with Gasteiger partial charge in [0.2, 0.25) is 0 Å². The van der Waals surface area contributed by atoms with Crippen LogP contribution in [0.5, 0.6) is 11.5 Å². The van der Waals surface area contributed by atoms with Gasteiger partial charge < -0.3 is 19.4 Å². The predicted molar refractivity (Wildman–Crippen MR) is 92.3 cm³/mol. The van der Waals surface area contributed by atoms with Crippen LogP contribution < -0.4 is 14.8 Å². The molecule has 0 spiro atoms. The van der Waals surface area contributed by atoms with Gasteiger partial charge >= 0.3 is 0 Å². The number of carbonyl (C=O) groups is 1. The molecule has 0 fully saturated rings. The highest BCUT2D eigenvalue weighted by Crippen LogP contribution is 2.25. The van der Waals surface area contributed by atoms with E-state index in [2.05, 4.69) is 10.3 Å². The number of benzene rings is 1. The largest absolute Gasteiger partial charge is 0.493 e. The molecule has 6 nitrogen and oxygen atoms in total. The zero-order valence-corrected chi connectivity index (χ0v) is 14.0. The van der Waals surface area contributed by atoms with Gasteiger partial charge in [-0.15, -0.1) is 11.3 Å². The minimum Gasteiger partial charge on any atom is -0.493 e. The number of nitrogens with zero attached hydrogens (tertiary/aromatic N) is 2. The van der Waals surface area contributed by atoms with E-state index in [1.54, 1.807) is 12.5 Å². The van der Waals surface area contributed by atoms with Crippen LogP contribution in [0.4, 0.5) is 0 Å². The summed E-state index contributed by atoms with van der Waals surface area (Å²) in [7, 11) is 1.59. The lowest BCUT2D eigenvalue weighted by Gasteiger charge is -2.10. The molecule has 2 heterocycles. The maximum absolute atomic E-state index is 12.1. The molecule has 1 amide bonds. The molecular weight excluding hydrogens is 326 g/mol. The van der Waals surface area contributed by atoms with E-state index in [0.29, 0.717) is 30.3 Å². The van der Waals surface area contributed by atoms with Crippen LogP contribution in [0.1, 0.15) is 10.5 Å². The maximum Gasteiger partial charge on any atom is 0.270 e. The lowest BCUT2D eigenvalue weighted by Crippen LogP contribution is -2.28. The second kappa shape index (κ2) is 7.65. The highest BCUT2D eigenvalue weighted by Gasteiger charge is 2.11. The third-order valence-corrected chi connectivity index (χ3v) is 4.12. The second-order valence-corrected chi connectivity index (χ2v) is 5.70. The summed E-state index contributed by atoms with van der Waals surface area (Å²) in [6.45, 7) is 0.730. The number of ether oxygens (including phenoxy) is 2. The Morgan fingerprint density at radius 3 is 2.71 bits per heavy atom. The molecule has 2 aromatic heterocycles. The van der Waals surface area contributed by atoms with Crippen LogP contribution >= 0.6 is 11.3 Å². The summed E-state index contributed by atoms with van der Waals surface area (Å²) in [5, 5.41) is 5.30. The highest BCUT2D eigenvalue weighted by molar-refractivity contribution is 7.12. The molecule has 24 heavy (non-hydrogen) atoms. The van der Waals surface area contributed by atoms with Gasteiger partial charge in [-0.25, -0.2) is 4.98 Å². The van der Waals surface area contributed by atoms with Crippen LogP contribution in [0.2, 0.25) is 0 Å². The minimum atomic E-state index is -0.215. The second-order valence-electron chi connectivity index (χ2n) is 4.86. The van der Waals surface area contributed by atoms with Crippen molar-refractivity contribution in [1.29, 1.82) is 0 Å². The van der Waals surface area contributed by atoms with Crippen LogP contribution in [0, 0.1) is 0 Å². The van der Waals surface area contributed by atoms with Crippen molar-refractivity contribution in [2.75, 3.05) is 20.3 Å². The molecular formula is C17H17N3O3S. The number of hydrogen-bond donors (Lipinski definition) is 1. The number of aromatic nitrogens is 2. The molecule has 1 N–H and O–H groups in total. The molecule has 124 valence electrons. The van der Waals surface area contributed by atoms with Crippen LogP contribution in [0.25, 0.3) is 5.13 Å². The number of nitrogens with one attached hydrogen (secondary N) is 1. The average Bonchev–Trinajstić information content (AvgIpc) is 3.29. The Balaban J connectivity index is 1.49. The number of amides is 1. The molecule has 0 saturated heterocycles. The SMILES string of the molecule is COc1ccccc1OCCNC(=O)c1csc(-n2cccc2)n1. The molecule has 0 aliphatic rings. The molecule has 0 radical (unpaired) electrons. The fourth-order valence-corrected chi connectivity index (χ4v) is 2.87. The van der Waals surface area contributed by atoms with Crippen LogP contribution in [-0.2, 0) is 0 Å². The Morgan fingerprint density at radius 1 is 1.21 bits per heavy atom. The number of rotatable bonds is 7. The monoisotopic (exact) mass is 343 g/mol. The van der Waals surface area contributed by atoms with Crippen LogP contribution in [0.15, 0.2) is 54.2 Å². The summed E-state index contributed by atoms with van der Waals surface area (Å²) < 4.78 is 12.7. The number of carbonyl (C=O) groups excluding carboxylic acids is 1. The van der Waals surface area contributed by atoms with Gasteiger partial charge in [0.1, 0.15) is 12.3 Å². The van der Waals surface area contributed by atoms with E-state index in [0.717, 1.165) is 5.13 Å². The smallest absolute Gasteiger partial charge is 0.270 e. The Labute approximate surface area is 143 Å². The summed E-state index contributed by atoms with van der Waals surface area (Å²) in [4.78, 5) is 16.4. The number of methoxy groups -OCH3 is 1. The summed E-state index contributed by atoms with van der Waals surface area (Å²) in [6, 6.07) is 11.2. The van der Waals surface area contributed by atoms with Crippen molar-refractivity contribution in [2.24, 2.45) is 0 Å². The Bertz CT molecular complexity index is 799. The lowest BCUT2D eigenvalue weighted by atomic mass is 10.3. The number of para-hydroxylation sites is 2. The third-order valence-electron chi connectivity index (χ3n) is 3.26. The summed E-state index contributed by atoms with van der Waals surface area (Å²) >= 11 is 1.42. The first-order valence-electron chi connectivity index (χ1n) is 7.41. The van der Waals surface area contributed by atoms with Gasteiger partial charge in [0.25, 0.3) is 5.91 Å². The molecule has 3 aromatic rings. The van der Waals surface area contributed by atoms with Crippen LogP contribution in [0.3, 0.4) is 0 Å². The molecule has 3 rings (SSSR count). The Kier molecular flexibility index (Phi) is 5.12. The Hall–Kier alpha value is -2.80. The fraction of sp³-hybridized carbons (Fsp3) is 0.176. The van der Waals surface area contributed by atoms with Crippen molar-refractivity contribution < 1.29 is 14.3 Å². The number of hydrogen-bond acceptors (Lipinski definition) is 5. The lowest BCUT2D eigenvalue weighted by molar-refractivity contribution is 0.0942. The molecule has 7 heteroatoms. The van der Waals surface area contributed by atoms with Gasteiger partial charge in [-0.1, -0.05) is 12.1 Å². The molecule has 0 unspecified atom stereocenters. The normalized spacial score (nSPS) is 10.4. The predicted octanol–water partition coefficient (Wildman–Crippen LogP) is 2.75. The van der Waals surface area contributed by atoms with E-state index >= 15 is 0 Å². The Morgan fingerprint density at radius 2 is 1.96 bits per heavy atom. The topological polar surface area (TPSA) is 65.4 Å². The van der Waals surface area contributed by atoms with Crippen molar-refractivity contribution in [2.45, 2.75) is 0 Å². The van der Waals surface area contributed by atoms with Gasteiger partial charge in [-0.2, -0.15) is 0 Å². The summed E-state index contributed by atoms with van der Waals surface area (Å²) in [5.41, 5.74) is 0.404. The van der Waals surface area contributed by atoms with E-state index in [1.165, 1.54) is 11.3 Å². The standard InChI is InChI=1S/C17H17N3O3S/c1-22-14-6-2-3-7-15(14)23-11-8-18-16(21)13-12-24-17(19-13)20-9-4-5-10-20/h2-7,9-10,12H,8,11H2,1H3,(H,18,21). The fourth-order valence-electron chi connectivity index (χ4n) is 2.10. The molecule has 0 atom stereocenters. The van der Waals surface area contributed by atoms with Gasteiger partial charge in [0.05, 0.1) is 13.7 Å². The van der Waals surface area contributed by atoms with Gasteiger partial charge in [0.15, 0.2) is 16.6 Å². The average molecular weight is 343 g/mol. The number of thiazole rings is 1. The van der Waals surface area contributed by atoms with Crippen molar-refractivity contribution in [1.82, 2.24) is 14.9 Å². The maximum atomic E-state index is 12.1. The zero-order chi connectivity index (χ0) is 16.8. The first kappa shape index (κ1) is 16.1. The van der Waals surface area contributed by atoms with Crippen molar-refractivity contribution in [3.8, 4) is 16.6 Å². The van der Waals surface area contributed by atoms with Gasteiger partial charge in [-0.3, -0.25) is 4.79 Å². The van der Waals surface area contributed by atoms with Gasteiger partial charge in [0, 0.05) is 17.8 Å². The van der Waals surface area contributed by atoms with E-state index < -0.39 is 0 Å². The van der Waals surface area contributed by atoms with E-state index in [9.17, 15) is 4.79 Å². The van der Waals surface area contributed by atoms with Crippen LogP contribution in [-0.4, -0.2) is 35.7 Å². The van der Waals surface area contributed by atoms with Gasteiger partial charge in [-0.05, 0) is 24.3 Å². The first-order chi connectivity index (χ1) is 11.8. The summed E-state index contributed by atoms with van der Waals surface area (Å²) in [5.74, 6) is 1.10. The van der Waals surface area contributed by atoms with Crippen molar-refractivity contribution >= 4 is 17.2 Å². The molecule has 0 aliphatic heterocycles. The minimum absolute atomic E-state index is 0.215.